The first-order valence-corrected chi connectivity index (χ1v) is 28.2. The molecule has 6 heteroatoms. The van der Waals surface area contributed by atoms with Crippen molar-refractivity contribution in [2.45, 2.75) is 64.2 Å². The minimum Gasteiger partial charge on any atom is -0.457 e. The summed E-state index contributed by atoms with van der Waals surface area (Å²) in [5.41, 5.74) is 14.8. The van der Waals surface area contributed by atoms with Crippen molar-refractivity contribution in [1.29, 1.82) is 0 Å². The standard InChI is InChI=1S/C72H59BN2O2S/c1-72(2,3)53-45-65-69-67(46-53)77-70-60-43-51(48-23-9-4-10-24-48)38-42-68(60)78-71(70)73(69)61-40-39-55(74(54-29-15-7-16-30-54)62-35-21-19-33-57(62)49-25-11-5-12-26-49)47-64(61)75(65)63-41-37-52(44-59(63)50-27-13-6-14-28-50)58-34-20-22-36-66(58)76-56-31-17-8-18-32-56/h5-8,11-22,25-48H,4,9-10,23-24H2,1-3H3/i6D,13D,14D,27D. The van der Waals surface area contributed by atoms with E-state index in [2.05, 4.69) is 182 Å². The number of anilines is 6. The fraction of sp³-hybridized carbons (Fsp3) is 0.139. The monoisotopic (exact) mass is 1030 g/mol. The zero-order valence-electron chi connectivity index (χ0n) is 48.0. The van der Waals surface area contributed by atoms with Crippen LogP contribution in [0.5, 0.6) is 23.0 Å². The van der Waals surface area contributed by atoms with E-state index in [4.69, 9.17) is 13.6 Å². The summed E-state index contributed by atoms with van der Waals surface area (Å²) in [4.78, 5) is 4.71. The number of ether oxygens (including phenoxy) is 2. The van der Waals surface area contributed by atoms with Gasteiger partial charge in [0.15, 0.2) is 0 Å². The third-order valence-corrected chi connectivity index (χ3v) is 17.3. The molecular formula is C72H59BN2O2S. The van der Waals surface area contributed by atoms with E-state index in [-0.39, 0.29) is 36.3 Å². The first-order chi connectivity index (χ1) is 40.0. The number of fused-ring (bicyclic) bond motifs is 6. The SMILES string of the molecule is [2H]c1cc(-c2cc(-c3ccccc3Oc3ccccc3)ccc2N2c3cc(N(c4ccccc4)c4ccccc4-c4ccccc4)ccc3B3c4sc5ccc(C6CCCCC6)cc5c4Oc4cc(C(C)(C)C)cc2c43)c([2H])c([2H])c1[2H]. The zero-order valence-corrected chi connectivity index (χ0v) is 44.8. The lowest BCUT2D eigenvalue weighted by molar-refractivity contribution is 0.444. The number of benzene rings is 10. The number of nitrogens with zero attached hydrogens (tertiary/aromatic N) is 2. The van der Waals surface area contributed by atoms with Crippen LogP contribution in [-0.2, 0) is 5.41 Å². The minimum absolute atomic E-state index is 0.124. The highest BCUT2D eigenvalue weighted by Gasteiger charge is 2.45. The summed E-state index contributed by atoms with van der Waals surface area (Å²) >= 11 is 1.83. The molecule has 3 aliphatic rings. The summed E-state index contributed by atoms with van der Waals surface area (Å²) in [6.45, 7) is 6.54. The van der Waals surface area contributed by atoms with Crippen molar-refractivity contribution in [2.24, 2.45) is 0 Å². The van der Waals surface area contributed by atoms with E-state index >= 15 is 0 Å². The Labute approximate surface area is 468 Å². The van der Waals surface area contributed by atoms with E-state index in [1.165, 1.54) is 47.1 Å². The topological polar surface area (TPSA) is 24.9 Å². The summed E-state index contributed by atoms with van der Waals surface area (Å²) in [5, 5.41) is 1.16. The lowest BCUT2D eigenvalue weighted by Crippen LogP contribution is -2.58. The lowest BCUT2D eigenvalue weighted by atomic mass is 9.36. The maximum absolute atomic E-state index is 9.68. The van der Waals surface area contributed by atoms with Crippen LogP contribution in [0, 0.1) is 0 Å². The van der Waals surface area contributed by atoms with Crippen molar-refractivity contribution < 1.29 is 15.0 Å². The summed E-state index contributed by atoms with van der Waals surface area (Å²) in [6, 6.07) is 73.2. The van der Waals surface area contributed by atoms with Gasteiger partial charge in [-0.15, -0.1) is 11.3 Å². The number of rotatable bonds is 10. The van der Waals surface area contributed by atoms with E-state index in [1.807, 2.05) is 65.9 Å². The van der Waals surface area contributed by atoms with Gasteiger partial charge in [-0.2, -0.15) is 0 Å². The molecule has 0 radical (unpaired) electrons. The maximum atomic E-state index is 9.68. The van der Waals surface area contributed by atoms with Crippen molar-refractivity contribution in [1.82, 2.24) is 0 Å². The number of para-hydroxylation sites is 4. The van der Waals surface area contributed by atoms with Gasteiger partial charge in [-0.3, -0.25) is 0 Å². The molecule has 378 valence electrons. The van der Waals surface area contributed by atoms with Gasteiger partial charge in [-0.05, 0) is 148 Å². The average Bonchev–Trinajstić information content (AvgIpc) is 2.51. The Kier molecular flexibility index (Phi) is 11.0. The van der Waals surface area contributed by atoms with Crippen LogP contribution >= 0.6 is 11.3 Å². The predicted octanol–water partition coefficient (Wildman–Crippen LogP) is 18.9. The van der Waals surface area contributed by atoms with Crippen LogP contribution in [0.3, 0.4) is 0 Å². The van der Waals surface area contributed by atoms with Crippen LogP contribution in [0.25, 0.3) is 43.5 Å². The molecule has 0 spiro atoms. The Morgan fingerprint density at radius 2 is 1.33 bits per heavy atom. The maximum Gasteiger partial charge on any atom is 0.268 e. The lowest BCUT2D eigenvalue weighted by Gasteiger charge is -2.41. The van der Waals surface area contributed by atoms with Crippen molar-refractivity contribution in [2.75, 3.05) is 9.80 Å². The molecule has 4 nitrogen and oxygen atoms in total. The molecule has 1 fully saturated rings. The number of thiophene rings is 1. The first-order valence-electron chi connectivity index (χ1n) is 29.4. The second-order valence-corrected chi connectivity index (χ2v) is 23.0. The normalized spacial score (nSPS) is 14.6. The Morgan fingerprint density at radius 3 is 2.14 bits per heavy atom. The molecule has 78 heavy (non-hydrogen) atoms. The molecule has 11 aromatic rings. The molecule has 0 saturated heterocycles. The largest absolute Gasteiger partial charge is 0.457 e. The highest BCUT2D eigenvalue weighted by molar-refractivity contribution is 7.33. The van der Waals surface area contributed by atoms with E-state index in [1.54, 1.807) is 6.07 Å². The van der Waals surface area contributed by atoms with Gasteiger partial charge in [0.05, 0.1) is 16.9 Å². The Bertz CT molecular complexity index is 4270. The molecule has 0 bridgehead atoms. The Balaban J connectivity index is 1.06. The van der Waals surface area contributed by atoms with Crippen molar-refractivity contribution >= 4 is 78.0 Å². The molecule has 10 aromatic carbocycles. The molecule has 2 aliphatic heterocycles. The smallest absolute Gasteiger partial charge is 0.268 e. The molecule has 0 unspecified atom stereocenters. The van der Waals surface area contributed by atoms with Crippen molar-refractivity contribution in [3.63, 3.8) is 0 Å². The summed E-state index contributed by atoms with van der Waals surface area (Å²) < 4.78 is 53.1. The molecule has 0 amide bonds. The van der Waals surface area contributed by atoms with Crippen LogP contribution in [-0.4, -0.2) is 6.71 Å². The van der Waals surface area contributed by atoms with Crippen molar-refractivity contribution in [3.8, 4) is 56.4 Å². The predicted molar refractivity (Wildman–Crippen MR) is 330 cm³/mol. The van der Waals surface area contributed by atoms with Gasteiger partial charge in [0, 0.05) is 54.3 Å². The molecule has 1 aromatic heterocycles. The average molecular weight is 1030 g/mol. The third-order valence-electron chi connectivity index (χ3n) is 16.1. The highest BCUT2D eigenvalue weighted by atomic mass is 32.1. The van der Waals surface area contributed by atoms with E-state index in [0.29, 0.717) is 28.5 Å². The molecule has 1 saturated carbocycles. The number of hydrogen-bond acceptors (Lipinski definition) is 5. The van der Waals surface area contributed by atoms with Gasteiger partial charge < -0.3 is 19.3 Å². The molecule has 1 aliphatic carbocycles. The van der Waals surface area contributed by atoms with Crippen LogP contribution in [0.2, 0.25) is 0 Å². The Morgan fingerprint density at radius 1 is 0.590 bits per heavy atom. The fourth-order valence-corrected chi connectivity index (χ4v) is 13.5. The zero-order chi connectivity index (χ0) is 55.8. The van der Waals surface area contributed by atoms with Gasteiger partial charge >= 0.3 is 0 Å². The quantitative estimate of drug-likeness (QED) is 0.127. The van der Waals surface area contributed by atoms with Crippen LogP contribution in [0.1, 0.15) is 75.4 Å². The fourth-order valence-electron chi connectivity index (χ4n) is 12.2. The van der Waals surface area contributed by atoms with Gasteiger partial charge in [-0.1, -0.05) is 192 Å². The molecule has 3 heterocycles. The van der Waals surface area contributed by atoms with E-state index in [0.717, 1.165) is 89.8 Å². The molecule has 0 N–H and O–H groups in total. The Hall–Kier alpha value is -8.58. The van der Waals surface area contributed by atoms with Gasteiger partial charge in [-0.25, -0.2) is 0 Å². The highest BCUT2D eigenvalue weighted by Crippen LogP contribution is 2.51. The van der Waals surface area contributed by atoms with Gasteiger partial charge in [0.1, 0.15) is 23.0 Å². The summed E-state index contributed by atoms with van der Waals surface area (Å²) in [5.74, 6) is 3.64. The van der Waals surface area contributed by atoms with Crippen molar-refractivity contribution in [3.05, 3.63) is 248 Å². The van der Waals surface area contributed by atoms with E-state index in [9.17, 15) is 1.37 Å². The summed E-state index contributed by atoms with van der Waals surface area (Å²) in [7, 11) is 0. The summed E-state index contributed by atoms with van der Waals surface area (Å²) in [6.07, 6.45) is 6.24. The molecular weight excluding hydrogens is 968 g/mol. The van der Waals surface area contributed by atoms with Crippen LogP contribution < -0.4 is 35.0 Å². The van der Waals surface area contributed by atoms with E-state index < -0.39 is 0 Å². The first kappa shape index (κ1) is 43.5. The van der Waals surface area contributed by atoms with Gasteiger partial charge in [0.2, 0.25) is 0 Å². The van der Waals surface area contributed by atoms with Gasteiger partial charge in [0.25, 0.3) is 6.71 Å². The second-order valence-electron chi connectivity index (χ2n) is 21.9. The molecule has 14 rings (SSSR count). The minimum atomic E-state index is -0.303. The second kappa shape index (κ2) is 19.8. The number of hydrogen-bond donors (Lipinski definition) is 0. The third kappa shape index (κ3) is 8.56. The van der Waals surface area contributed by atoms with Crippen LogP contribution in [0.4, 0.5) is 34.1 Å². The van der Waals surface area contributed by atoms with Crippen LogP contribution in [0.15, 0.2) is 236 Å². The molecule has 0 atom stereocenters.